The molecule has 2 unspecified atom stereocenters. The highest BCUT2D eigenvalue weighted by Crippen LogP contribution is 2.27. The fourth-order valence-corrected chi connectivity index (χ4v) is 3.95. The van der Waals surface area contributed by atoms with Crippen LogP contribution in [0, 0.1) is 5.92 Å². The number of thioether (sulfide) groups is 1. The van der Waals surface area contributed by atoms with Crippen LogP contribution in [0.25, 0.3) is 0 Å². The van der Waals surface area contributed by atoms with E-state index < -0.39 is 5.60 Å². The fourth-order valence-electron chi connectivity index (χ4n) is 2.72. The standard InChI is InChI=1S/C13H24N2O2S/c1-11-3-2-6-15(9-11)7-5-14-12(16)13(17)4-8-18-10-13/h11,17H,2-10H2,1H3,(H,14,16). The lowest BCUT2D eigenvalue weighted by Gasteiger charge is -2.31. The van der Waals surface area contributed by atoms with Gasteiger partial charge in [-0.15, -0.1) is 0 Å². The highest BCUT2D eigenvalue weighted by atomic mass is 32.2. The van der Waals surface area contributed by atoms with Crippen LogP contribution >= 0.6 is 11.8 Å². The maximum absolute atomic E-state index is 11.9. The van der Waals surface area contributed by atoms with Crippen molar-refractivity contribution < 1.29 is 9.90 Å². The van der Waals surface area contributed by atoms with E-state index in [1.165, 1.54) is 12.8 Å². The average Bonchev–Trinajstić information content (AvgIpc) is 2.77. The van der Waals surface area contributed by atoms with Crippen LogP contribution in [0.5, 0.6) is 0 Å². The van der Waals surface area contributed by atoms with Gasteiger partial charge in [0.05, 0.1) is 0 Å². The molecular formula is C13H24N2O2S. The van der Waals surface area contributed by atoms with Gasteiger partial charge in [0, 0.05) is 25.4 Å². The molecule has 4 nitrogen and oxygen atoms in total. The molecule has 0 bridgehead atoms. The van der Waals surface area contributed by atoms with Crippen molar-refractivity contribution in [3.05, 3.63) is 0 Å². The van der Waals surface area contributed by atoms with Crippen molar-refractivity contribution in [3.8, 4) is 0 Å². The van der Waals surface area contributed by atoms with Crippen LogP contribution in [0.4, 0.5) is 0 Å². The zero-order valence-electron chi connectivity index (χ0n) is 11.2. The molecule has 2 aliphatic heterocycles. The summed E-state index contributed by atoms with van der Waals surface area (Å²) in [6.07, 6.45) is 3.17. The number of aliphatic hydroxyl groups is 1. The zero-order chi connectivity index (χ0) is 13.0. The Labute approximate surface area is 113 Å². The minimum absolute atomic E-state index is 0.183. The van der Waals surface area contributed by atoms with Crippen molar-refractivity contribution in [2.45, 2.75) is 31.8 Å². The van der Waals surface area contributed by atoms with Crippen LogP contribution in [-0.4, -0.2) is 59.2 Å². The van der Waals surface area contributed by atoms with Gasteiger partial charge < -0.3 is 15.3 Å². The molecule has 0 aliphatic carbocycles. The van der Waals surface area contributed by atoms with Crippen molar-refractivity contribution >= 4 is 17.7 Å². The molecule has 0 aromatic rings. The molecule has 0 saturated carbocycles. The van der Waals surface area contributed by atoms with Gasteiger partial charge in [-0.1, -0.05) is 6.92 Å². The molecule has 2 heterocycles. The van der Waals surface area contributed by atoms with E-state index in [-0.39, 0.29) is 5.91 Å². The summed E-state index contributed by atoms with van der Waals surface area (Å²) in [6, 6.07) is 0. The summed E-state index contributed by atoms with van der Waals surface area (Å²) >= 11 is 1.65. The SMILES string of the molecule is CC1CCCN(CCNC(=O)C2(O)CCSC2)C1. The molecule has 2 rings (SSSR count). The fraction of sp³-hybridized carbons (Fsp3) is 0.923. The minimum atomic E-state index is -1.11. The van der Waals surface area contributed by atoms with Gasteiger partial charge in [0.1, 0.15) is 0 Å². The Morgan fingerprint density at radius 2 is 2.44 bits per heavy atom. The van der Waals surface area contributed by atoms with Crippen LogP contribution in [0.1, 0.15) is 26.2 Å². The number of likely N-dealkylation sites (tertiary alicyclic amines) is 1. The number of hydrogen-bond donors (Lipinski definition) is 2. The Morgan fingerprint density at radius 3 is 3.11 bits per heavy atom. The summed E-state index contributed by atoms with van der Waals surface area (Å²) < 4.78 is 0. The first-order chi connectivity index (χ1) is 8.60. The van der Waals surface area contributed by atoms with E-state index >= 15 is 0 Å². The number of carbonyl (C=O) groups is 1. The first-order valence-electron chi connectivity index (χ1n) is 6.91. The van der Waals surface area contributed by atoms with Gasteiger partial charge in [-0.25, -0.2) is 0 Å². The monoisotopic (exact) mass is 272 g/mol. The molecule has 0 aromatic carbocycles. The number of rotatable bonds is 4. The summed E-state index contributed by atoms with van der Waals surface area (Å²) in [5.41, 5.74) is -1.11. The molecule has 0 spiro atoms. The van der Waals surface area contributed by atoms with E-state index in [4.69, 9.17) is 0 Å². The van der Waals surface area contributed by atoms with Gasteiger partial charge in [-0.2, -0.15) is 11.8 Å². The summed E-state index contributed by atoms with van der Waals surface area (Å²) in [6.45, 7) is 6.11. The van der Waals surface area contributed by atoms with Gasteiger partial charge in [-0.3, -0.25) is 4.79 Å². The van der Waals surface area contributed by atoms with E-state index in [0.29, 0.717) is 18.7 Å². The maximum atomic E-state index is 11.9. The topological polar surface area (TPSA) is 52.6 Å². The molecule has 2 aliphatic rings. The molecule has 2 atom stereocenters. The molecule has 5 heteroatoms. The second kappa shape index (κ2) is 6.26. The molecule has 2 N–H and O–H groups in total. The molecule has 18 heavy (non-hydrogen) atoms. The predicted molar refractivity (Wildman–Crippen MR) is 74.7 cm³/mol. The van der Waals surface area contributed by atoms with Crippen LogP contribution in [0.2, 0.25) is 0 Å². The van der Waals surface area contributed by atoms with Crippen molar-refractivity contribution in [1.29, 1.82) is 0 Å². The Kier molecular flexibility index (Phi) is 4.92. The molecule has 104 valence electrons. The number of nitrogens with zero attached hydrogens (tertiary/aromatic N) is 1. The Hall–Kier alpha value is -0.260. The molecule has 0 aromatic heterocycles. The smallest absolute Gasteiger partial charge is 0.252 e. The Morgan fingerprint density at radius 1 is 1.61 bits per heavy atom. The number of carbonyl (C=O) groups excluding carboxylic acids is 1. The second-order valence-corrected chi connectivity index (χ2v) is 6.74. The molecule has 2 saturated heterocycles. The Balaban J connectivity index is 1.67. The van der Waals surface area contributed by atoms with Crippen molar-refractivity contribution in [2.75, 3.05) is 37.7 Å². The first kappa shape index (κ1) is 14.2. The van der Waals surface area contributed by atoms with Crippen molar-refractivity contribution in [1.82, 2.24) is 10.2 Å². The van der Waals surface area contributed by atoms with Crippen LogP contribution < -0.4 is 5.32 Å². The molecule has 1 amide bonds. The summed E-state index contributed by atoms with van der Waals surface area (Å²) in [5, 5.41) is 13.0. The van der Waals surface area contributed by atoms with Gasteiger partial charge >= 0.3 is 0 Å². The Bertz CT molecular complexity index is 293. The van der Waals surface area contributed by atoms with E-state index in [2.05, 4.69) is 17.1 Å². The maximum Gasteiger partial charge on any atom is 0.252 e. The summed E-state index contributed by atoms with van der Waals surface area (Å²) in [5.74, 6) is 2.01. The van der Waals surface area contributed by atoms with Gasteiger partial charge in [-0.05, 0) is 37.5 Å². The highest BCUT2D eigenvalue weighted by molar-refractivity contribution is 7.99. The number of hydrogen-bond acceptors (Lipinski definition) is 4. The van der Waals surface area contributed by atoms with Gasteiger partial charge in [0.2, 0.25) is 0 Å². The highest BCUT2D eigenvalue weighted by Gasteiger charge is 2.39. The zero-order valence-corrected chi connectivity index (χ0v) is 12.0. The van der Waals surface area contributed by atoms with E-state index in [9.17, 15) is 9.90 Å². The lowest BCUT2D eigenvalue weighted by molar-refractivity contribution is -0.137. The van der Waals surface area contributed by atoms with Crippen molar-refractivity contribution in [3.63, 3.8) is 0 Å². The van der Waals surface area contributed by atoms with Gasteiger partial charge in [0.15, 0.2) is 5.60 Å². The quantitative estimate of drug-likeness (QED) is 0.791. The lowest BCUT2D eigenvalue weighted by atomic mass is 10.0. The summed E-state index contributed by atoms with van der Waals surface area (Å²) in [4.78, 5) is 14.3. The van der Waals surface area contributed by atoms with E-state index in [1.54, 1.807) is 11.8 Å². The molecule has 2 fully saturated rings. The lowest BCUT2D eigenvalue weighted by Crippen LogP contribution is -2.49. The van der Waals surface area contributed by atoms with E-state index in [1.807, 2.05) is 0 Å². The predicted octanol–water partition coefficient (Wildman–Crippen LogP) is 0.702. The largest absolute Gasteiger partial charge is 0.379 e. The van der Waals surface area contributed by atoms with Crippen LogP contribution in [0.3, 0.4) is 0 Å². The number of nitrogens with one attached hydrogen (secondary N) is 1. The molecule has 0 radical (unpaired) electrons. The van der Waals surface area contributed by atoms with Gasteiger partial charge in [0.25, 0.3) is 5.91 Å². The second-order valence-electron chi connectivity index (χ2n) is 5.64. The average molecular weight is 272 g/mol. The van der Waals surface area contributed by atoms with Crippen molar-refractivity contribution in [2.24, 2.45) is 5.92 Å². The first-order valence-corrected chi connectivity index (χ1v) is 8.06. The molecular weight excluding hydrogens is 248 g/mol. The van der Waals surface area contributed by atoms with Crippen LogP contribution in [-0.2, 0) is 4.79 Å². The third kappa shape index (κ3) is 3.62. The third-order valence-electron chi connectivity index (χ3n) is 3.88. The number of piperidine rings is 1. The minimum Gasteiger partial charge on any atom is -0.379 e. The van der Waals surface area contributed by atoms with Crippen LogP contribution in [0.15, 0.2) is 0 Å². The van der Waals surface area contributed by atoms with E-state index in [0.717, 1.165) is 31.3 Å². The number of amides is 1. The summed E-state index contributed by atoms with van der Waals surface area (Å²) in [7, 11) is 0. The third-order valence-corrected chi connectivity index (χ3v) is 5.05. The normalized spacial score (nSPS) is 33.6.